The highest BCUT2D eigenvalue weighted by atomic mass is 127. The molecule has 0 bridgehead atoms. The molecule has 0 spiro atoms. The molecule has 0 nitrogen and oxygen atoms in total. The lowest BCUT2D eigenvalue weighted by atomic mass is 10.3. The number of halogens is 4. The number of hydrogen-bond donors (Lipinski definition) is 0. The van der Waals surface area contributed by atoms with Crippen molar-refractivity contribution in [2.45, 2.75) is 0 Å². The van der Waals surface area contributed by atoms with Crippen molar-refractivity contribution in [1.82, 2.24) is 0 Å². The van der Waals surface area contributed by atoms with E-state index in [0.717, 1.165) is 0 Å². The first-order valence-electron chi connectivity index (χ1n) is 2.42. The monoisotopic (exact) mass is 366 g/mol. The second-order valence-corrected chi connectivity index (χ2v) is 3.90. The van der Waals surface area contributed by atoms with Crippen molar-refractivity contribution in [2.75, 3.05) is 0 Å². The first kappa shape index (κ1) is 8.63. The Morgan fingerprint density at radius 1 is 1.10 bits per heavy atom. The molecule has 0 aromatic heterocycles. The van der Waals surface area contributed by atoms with E-state index in [0.29, 0.717) is 3.57 Å². The summed E-state index contributed by atoms with van der Waals surface area (Å²) in [6.45, 7) is 0. The molecule has 0 aliphatic rings. The van der Waals surface area contributed by atoms with Crippen LogP contribution < -0.4 is 0 Å². The summed E-state index contributed by atoms with van der Waals surface area (Å²) in [5.74, 6) is -0.972. The Morgan fingerprint density at radius 3 is 2.20 bits per heavy atom. The molecule has 0 fully saturated rings. The standard InChI is InChI=1S/C6H2F2I2/c7-3-1-2-4(9)5(8)6(3)10/h1-2H. The molecular formula is C6H2F2I2. The maximum absolute atomic E-state index is 12.7. The minimum atomic E-state index is -0.501. The zero-order valence-electron chi connectivity index (χ0n) is 4.67. The predicted molar refractivity (Wildman–Crippen MR) is 51.8 cm³/mol. The number of hydrogen-bond acceptors (Lipinski definition) is 0. The van der Waals surface area contributed by atoms with Gasteiger partial charge in [-0.3, -0.25) is 0 Å². The summed E-state index contributed by atoms with van der Waals surface area (Å²) in [6, 6.07) is 2.67. The van der Waals surface area contributed by atoms with Crippen LogP contribution in [0.1, 0.15) is 0 Å². The van der Waals surface area contributed by atoms with Crippen molar-refractivity contribution in [3.63, 3.8) is 0 Å². The van der Waals surface area contributed by atoms with E-state index in [1.807, 2.05) is 22.6 Å². The fraction of sp³-hybridized carbons (Fsp3) is 0. The Hall–Kier alpha value is 0.540. The van der Waals surface area contributed by atoms with E-state index in [1.54, 1.807) is 22.6 Å². The summed E-state index contributed by atoms with van der Waals surface area (Å²) in [4.78, 5) is 0. The predicted octanol–water partition coefficient (Wildman–Crippen LogP) is 3.17. The summed E-state index contributed by atoms with van der Waals surface area (Å²) in [5.41, 5.74) is 0. The molecule has 1 aromatic carbocycles. The van der Waals surface area contributed by atoms with Gasteiger partial charge in [-0.05, 0) is 57.3 Å². The minimum Gasteiger partial charge on any atom is -0.206 e. The Balaban J connectivity index is 3.34. The van der Waals surface area contributed by atoms with Crippen LogP contribution in [-0.2, 0) is 0 Å². The van der Waals surface area contributed by atoms with Gasteiger partial charge in [0, 0.05) is 0 Å². The Kier molecular flexibility index (Phi) is 2.84. The molecule has 0 aliphatic carbocycles. The van der Waals surface area contributed by atoms with Gasteiger partial charge in [-0.25, -0.2) is 8.78 Å². The zero-order valence-corrected chi connectivity index (χ0v) is 8.98. The number of benzene rings is 1. The van der Waals surface area contributed by atoms with Gasteiger partial charge in [0.2, 0.25) is 0 Å². The van der Waals surface area contributed by atoms with E-state index in [2.05, 4.69) is 0 Å². The van der Waals surface area contributed by atoms with Crippen LogP contribution in [0.25, 0.3) is 0 Å². The highest BCUT2D eigenvalue weighted by Gasteiger charge is 2.07. The third kappa shape index (κ3) is 1.58. The van der Waals surface area contributed by atoms with Crippen LogP contribution in [0, 0.1) is 18.8 Å². The molecule has 0 aliphatic heterocycles. The van der Waals surface area contributed by atoms with Crippen molar-refractivity contribution < 1.29 is 8.78 Å². The lowest BCUT2D eigenvalue weighted by Gasteiger charge is -1.96. The first-order valence-corrected chi connectivity index (χ1v) is 4.57. The molecule has 4 heteroatoms. The van der Waals surface area contributed by atoms with Gasteiger partial charge >= 0.3 is 0 Å². The maximum Gasteiger partial charge on any atom is 0.152 e. The highest BCUT2D eigenvalue weighted by molar-refractivity contribution is 14.1. The summed E-state index contributed by atoms with van der Waals surface area (Å²) in [6.07, 6.45) is 0. The maximum atomic E-state index is 12.7. The average Bonchev–Trinajstić information content (AvgIpc) is 1.93. The molecule has 0 saturated heterocycles. The quantitative estimate of drug-likeness (QED) is 0.376. The summed E-state index contributed by atoms with van der Waals surface area (Å²) in [7, 11) is 0. The molecule has 0 radical (unpaired) electrons. The van der Waals surface area contributed by atoms with Gasteiger partial charge in [0.25, 0.3) is 0 Å². The van der Waals surface area contributed by atoms with Crippen molar-refractivity contribution in [2.24, 2.45) is 0 Å². The van der Waals surface area contributed by atoms with Gasteiger partial charge in [-0.1, -0.05) is 0 Å². The third-order valence-corrected chi connectivity index (χ3v) is 2.81. The van der Waals surface area contributed by atoms with Crippen LogP contribution >= 0.6 is 45.2 Å². The van der Waals surface area contributed by atoms with Gasteiger partial charge in [0.15, 0.2) is 5.82 Å². The van der Waals surface area contributed by atoms with Crippen molar-refractivity contribution in [1.29, 1.82) is 0 Å². The largest absolute Gasteiger partial charge is 0.206 e. The summed E-state index contributed by atoms with van der Waals surface area (Å²) >= 11 is 3.46. The van der Waals surface area contributed by atoms with E-state index < -0.39 is 11.6 Å². The lowest BCUT2D eigenvalue weighted by molar-refractivity contribution is 0.565. The molecule has 0 N–H and O–H groups in total. The highest BCUT2D eigenvalue weighted by Crippen LogP contribution is 2.19. The van der Waals surface area contributed by atoms with E-state index in [4.69, 9.17) is 0 Å². The smallest absolute Gasteiger partial charge is 0.152 e. The average molecular weight is 366 g/mol. The van der Waals surface area contributed by atoms with Gasteiger partial charge < -0.3 is 0 Å². The van der Waals surface area contributed by atoms with Crippen LogP contribution in [-0.4, -0.2) is 0 Å². The van der Waals surface area contributed by atoms with Gasteiger partial charge in [-0.2, -0.15) is 0 Å². The van der Waals surface area contributed by atoms with Crippen LogP contribution in [0.3, 0.4) is 0 Å². The summed E-state index contributed by atoms with van der Waals surface area (Å²) in [5, 5.41) is 0. The van der Waals surface area contributed by atoms with Gasteiger partial charge in [-0.15, -0.1) is 0 Å². The molecule has 1 rings (SSSR count). The van der Waals surface area contributed by atoms with Crippen molar-refractivity contribution >= 4 is 45.2 Å². The molecule has 54 valence electrons. The number of rotatable bonds is 0. The minimum absolute atomic E-state index is 0.0597. The third-order valence-electron chi connectivity index (χ3n) is 0.988. The fourth-order valence-corrected chi connectivity index (χ4v) is 1.94. The van der Waals surface area contributed by atoms with Crippen molar-refractivity contribution in [3.05, 3.63) is 30.9 Å². The Bertz CT molecular complexity index is 233. The van der Waals surface area contributed by atoms with Crippen LogP contribution in [0.5, 0.6) is 0 Å². The molecule has 10 heavy (non-hydrogen) atoms. The molecule has 0 heterocycles. The lowest BCUT2D eigenvalue weighted by Crippen LogP contribution is -1.90. The van der Waals surface area contributed by atoms with E-state index in [-0.39, 0.29) is 3.57 Å². The fourth-order valence-electron chi connectivity index (χ4n) is 0.502. The first-order chi connectivity index (χ1) is 4.63. The topological polar surface area (TPSA) is 0 Å². The van der Waals surface area contributed by atoms with Gasteiger partial charge in [0.05, 0.1) is 7.14 Å². The van der Waals surface area contributed by atoms with Crippen LogP contribution in [0.15, 0.2) is 12.1 Å². The molecule has 0 atom stereocenters. The second kappa shape index (κ2) is 3.29. The molecular weight excluding hydrogens is 364 g/mol. The van der Waals surface area contributed by atoms with E-state index in [1.165, 1.54) is 12.1 Å². The van der Waals surface area contributed by atoms with Gasteiger partial charge in [0.1, 0.15) is 5.82 Å². The zero-order chi connectivity index (χ0) is 7.72. The summed E-state index contributed by atoms with van der Waals surface area (Å²) < 4.78 is 25.8. The van der Waals surface area contributed by atoms with E-state index >= 15 is 0 Å². The molecule has 0 amide bonds. The Morgan fingerprint density at radius 2 is 1.70 bits per heavy atom. The Labute approximate surface area is 84.3 Å². The SMILES string of the molecule is Fc1ccc(I)c(F)c1I. The second-order valence-electron chi connectivity index (χ2n) is 1.66. The molecule has 1 aromatic rings. The normalized spacial score (nSPS) is 10.0. The van der Waals surface area contributed by atoms with Crippen LogP contribution in [0.4, 0.5) is 8.78 Å². The molecule has 0 saturated carbocycles. The van der Waals surface area contributed by atoms with Crippen LogP contribution in [0.2, 0.25) is 0 Å². The van der Waals surface area contributed by atoms with E-state index in [9.17, 15) is 8.78 Å². The molecule has 0 unspecified atom stereocenters. The van der Waals surface area contributed by atoms with Crippen molar-refractivity contribution in [3.8, 4) is 0 Å².